The van der Waals surface area contributed by atoms with E-state index in [1.54, 1.807) is 4.68 Å². The van der Waals surface area contributed by atoms with Gasteiger partial charge in [0.2, 0.25) is 0 Å². The fraction of sp³-hybridized carbons (Fsp3) is 0.786. The zero-order chi connectivity index (χ0) is 13.8. The summed E-state index contributed by atoms with van der Waals surface area (Å²) in [6, 6.07) is 0.629. The maximum Gasteiger partial charge on any atom is 0.131 e. The summed E-state index contributed by atoms with van der Waals surface area (Å²) in [7, 11) is 1.91. The highest BCUT2D eigenvalue weighted by molar-refractivity contribution is 6.30. The number of aryl methyl sites for hydroxylation is 2. The van der Waals surface area contributed by atoms with Crippen LogP contribution < -0.4 is 5.32 Å². The molecule has 1 atom stereocenters. The standard InChI is InChI=1S/C14H25ClN4/c1-4-8-19(12-6-5-7-16-9-12)10-13-11(2)17-18(3)14(13)15/h12,16H,4-10H2,1-3H3. The van der Waals surface area contributed by atoms with Gasteiger partial charge in [-0.15, -0.1) is 0 Å². The second kappa shape index (κ2) is 6.73. The Morgan fingerprint density at radius 2 is 2.32 bits per heavy atom. The predicted octanol–water partition coefficient (Wildman–Crippen LogP) is 2.35. The second-order valence-corrected chi connectivity index (χ2v) is 5.81. The van der Waals surface area contributed by atoms with Crippen LogP contribution in [0.4, 0.5) is 0 Å². The van der Waals surface area contributed by atoms with Crippen molar-refractivity contribution in [2.24, 2.45) is 7.05 Å². The number of aromatic nitrogens is 2. The molecule has 2 rings (SSSR count). The quantitative estimate of drug-likeness (QED) is 0.901. The van der Waals surface area contributed by atoms with Gasteiger partial charge in [0.1, 0.15) is 5.15 Å². The molecular formula is C14H25ClN4. The lowest BCUT2D eigenvalue weighted by molar-refractivity contribution is 0.158. The van der Waals surface area contributed by atoms with E-state index < -0.39 is 0 Å². The molecule has 108 valence electrons. The van der Waals surface area contributed by atoms with Crippen LogP contribution in [0.15, 0.2) is 0 Å². The number of hydrogen-bond acceptors (Lipinski definition) is 3. The molecule has 1 aromatic heterocycles. The van der Waals surface area contributed by atoms with Gasteiger partial charge in [0.05, 0.1) is 5.69 Å². The van der Waals surface area contributed by atoms with Gasteiger partial charge in [-0.3, -0.25) is 9.58 Å². The Morgan fingerprint density at radius 3 is 2.84 bits per heavy atom. The molecule has 1 aliphatic rings. The molecule has 1 aliphatic heterocycles. The zero-order valence-electron chi connectivity index (χ0n) is 12.2. The molecule has 0 spiro atoms. The lowest BCUT2D eigenvalue weighted by Gasteiger charge is -2.34. The Labute approximate surface area is 121 Å². The molecule has 2 heterocycles. The van der Waals surface area contributed by atoms with Crippen LogP contribution >= 0.6 is 11.6 Å². The van der Waals surface area contributed by atoms with Gasteiger partial charge >= 0.3 is 0 Å². The summed E-state index contributed by atoms with van der Waals surface area (Å²) >= 11 is 6.36. The third kappa shape index (κ3) is 3.50. The van der Waals surface area contributed by atoms with Crippen molar-refractivity contribution in [1.29, 1.82) is 0 Å². The zero-order valence-corrected chi connectivity index (χ0v) is 13.0. The van der Waals surface area contributed by atoms with E-state index >= 15 is 0 Å². The SMILES string of the molecule is CCCN(Cc1c(C)nn(C)c1Cl)C1CCCNC1. The highest BCUT2D eigenvalue weighted by Crippen LogP contribution is 2.23. The molecule has 4 nitrogen and oxygen atoms in total. The van der Waals surface area contributed by atoms with E-state index in [0.29, 0.717) is 6.04 Å². The molecule has 1 N–H and O–H groups in total. The molecular weight excluding hydrogens is 260 g/mol. The van der Waals surface area contributed by atoms with Gasteiger partial charge in [0.15, 0.2) is 0 Å². The fourth-order valence-corrected chi connectivity index (χ4v) is 3.11. The van der Waals surface area contributed by atoms with E-state index in [-0.39, 0.29) is 0 Å². The minimum absolute atomic E-state index is 0.629. The van der Waals surface area contributed by atoms with Crippen LogP contribution in [0.25, 0.3) is 0 Å². The van der Waals surface area contributed by atoms with Crippen LogP contribution in [0, 0.1) is 6.92 Å². The summed E-state index contributed by atoms with van der Waals surface area (Å²) in [6.45, 7) is 8.57. The highest BCUT2D eigenvalue weighted by Gasteiger charge is 2.23. The van der Waals surface area contributed by atoms with Gasteiger partial charge < -0.3 is 5.32 Å². The average molecular weight is 285 g/mol. The van der Waals surface area contributed by atoms with Gasteiger partial charge in [-0.1, -0.05) is 18.5 Å². The topological polar surface area (TPSA) is 33.1 Å². The van der Waals surface area contributed by atoms with Gasteiger partial charge in [-0.2, -0.15) is 5.10 Å². The van der Waals surface area contributed by atoms with E-state index in [9.17, 15) is 0 Å². The summed E-state index contributed by atoms with van der Waals surface area (Å²) in [5, 5.41) is 8.69. The summed E-state index contributed by atoms with van der Waals surface area (Å²) in [6.07, 6.45) is 3.72. The van der Waals surface area contributed by atoms with Gasteiger partial charge in [0, 0.05) is 31.7 Å². The molecule has 0 radical (unpaired) electrons. The maximum atomic E-state index is 6.36. The van der Waals surface area contributed by atoms with Crippen molar-refractivity contribution >= 4 is 11.6 Å². The van der Waals surface area contributed by atoms with Crippen LogP contribution in [0.5, 0.6) is 0 Å². The first-order valence-corrected chi connectivity index (χ1v) is 7.64. The summed E-state index contributed by atoms with van der Waals surface area (Å²) in [4.78, 5) is 2.56. The van der Waals surface area contributed by atoms with E-state index in [1.165, 1.54) is 24.8 Å². The lowest BCUT2D eigenvalue weighted by atomic mass is 10.0. The molecule has 0 amide bonds. The second-order valence-electron chi connectivity index (χ2n) is 5.45. The van der Waals surface area contributed by atoms with Gasteiger partial charge in [-0.25, -0.2) is 0 Å². The summed E-state index contributed by atoms with van der Waals surface area (Å²) in [5.41, 5.74) is 2.24. The largest absolute Gasteiger partial charge is 0.315 e. The van der Waals surface area contributed by atoms with Gasteiger partial charge in [-0.05, 0) is 39.3 Å². The molecule has 1 unspecified atom stereocenters. The van der Waals surface area contributed by atoms with E-state index in [1.807, 2.05) is 14.0 Å². The molecule has 0 bridgehead atoms. The van der Waals surface area contributed by atoms with Crippen molar-refractivity contribution in [3.8, 4) is 0 Å². The molecule has 0 aromatic carbocycles. The molecule has 1 saturated heterocycles. The Bertz CT molecular complexity index is 410. The van der Waals surface area contributed by atoms with Crippen molar-refractivity contribution < 1.29 is 0 Å². The maximum absolute atomic E-state index is 6.36. The van der Waals surface area contributed by atoms with Crippen molar-refractivity contribution in [2.45, 2.75) is 45.7 Å². The third-order valence-corrected chi connectivity index (χ3v) is 4.40. The predicted molar refractivity (Wildman–Crippen MR) is 79.5 cm³/mol. The molecule has 1 aromatic rings. The molecule has 19 heavy (non-hydrogen) atoms. The average Bonchev–Trinajstić information content (AvgIpc) is 2.65. The van der Waals surface area contributed by atoms with Gasteiger partial charge in [0.25, 0.3) is 0 Å². The highest BCUT2D eigenvalue weighted by atomic mass is 35.5. The van der Waals surface area contributed by atoms with Crippen LogP contribution in [-0.4, -0.2) is 40.4 Å². The third-order valence-electron chi connectivity index (χ3n) is 3.93. The molecule has 0 saturated carbocycles. The van der Waals surface area contributed by atoms with Crippen LogP contribution in [0.1, 0.15) is 37.4 Å². The van der Waals surface area contributed by atoms with Crippen molar-refractivity contribution in [1.82, 2.24) is 20.0 Å². The van der Waals surface area contributed by atoms with Crippen LogP contribution in [-0.2, 0) is 13.6 Å². The Kier molecular flexibility index (Phi) is 5.25. The summed E-state index contributed by atoms with van der Waals surface area (Å²) < 4.78 is 1.77. The first kappa shape index (κ1) is 14.8. The van der Waals surface area contributed by atoms with Crippen molar-refractivity contribution in [3.63, 3.8) is 0 Å². The van der Waals surface area contributed by atoms with Crippen LogP contribution in [0.2, 0.25) is 5.15 Å². The molecule has 5 heteroatoms. The number of nitrogens with zero attached hydrogens (tertiary/aromatic N) is 3. The smallest absolute Gasteiger partial charge is 0.131 e. The number of halogens is 1. The Morgan fingerprint density at radius 1 is 1.53 bits per heavy atom. The van der Waals surface area contributed by atoms with Crippen LogP contribution in [0.3, 0.4) is 0 Å². The molecule has 1 fully saturated rings. The minimum atomic E-state index is 0.629. The Balaban J connectivity index is 2.11. The van der Waals surface area contributed by atoms with E-state index in [4.69, 9.17) is 11.6 Å². The Hall–Kier alpha value is -0.580. The number of hydrogen-bond donors (Lipinski definition) is 1. The van der Waals surface area contributed by atoms with E-state index in [2.05, 4.69) is 22.2 Å². The lowest BCUT2D eigenvalue weighted by Crippen LogP contribution is -2.46. The number of piperidine rings is 1. The van der Waals surface area contributed by atoms with Crippen molar-refractivity contribution in [2.75, 3.05) is 19.6 Å². The van der Waals surface area contributed by atoms with E-state index in [0.717, 1.165) is 37.0 Å². The normalized spacial score (nSPS) is 20.2. The first-order valence-electron chi connectivity index (χ1n) is 7.26. The summed E-state index contributed by atoms with van der Waals surface area (Å²) in [5.74, 6) is 0. The molecule has 0 aliphatic carbocycles. The fourth-order valence-electron chi connectivity index (χ4n) is 2.88. The monoisotopic (exact) mass is 284 g/mol. The first-order chi connectivity index (χ1) is 9.13. The van der Waals surface area contributed by atoms with Crippen molar-refractivity contribution in [3.05, 3.63) is 16.4 Å². The number of rotatable bonds is 5. The number of nitrogens with one attached hydrogen (secondary N) is 1. The minimum Gasteiger partial charge on any atom is -0.315 e.